The minimum absolute atomic E-state index is 0.0228. The maximum atomic E-state index is 12.6. The molecule has 1 aliphatic heterocycles. The molecule has 1 heterocycles. The molecule has 1 N–H and O–H groups in total. The lowest BCUT2D eigenvalue weighted by molar-refractivity contribution is 0.0402. The molecule has 2 atom stereocenters. The Kier molecular flexibility index (Phi) is 5.29. The summed E-state index contributed by atoms with van der Waals surface area (Å²) >= 11 is 0. The van der Waals surface area contributed by atoms with Crippen LogP contribution in [-0.4, -0.2) is 52.0 Å². The Labute approximate surface area is 165 Å². The summed E-state index contributed by atoms with van der Waals surface area (Å²) in [6.45, 7) is 3.40. The third kappa shape index (κ3) is 3.86. The van der Waals surface area contributed by atoms with Crippen LogP contribution in [-0.2, 0) is 6.54 Å². The zero-order chi connectivity index (χ0) is 19.7. The molecule has 0 radical (unpaired) electrons. The van der Waals surface area contributed by atoms with Crippen LogP contribution in [0.5, 0.6) is 0 Å². The molecule has 2 aromatic carbocycles. The summed E-state index contributed by atoms with van der Waals surface area (Å²) in [5.74, 6) is 0.0317. The number of carbonyl (C=O) groups is 2. The van der Waals surface area contributed by atoms with Crippen LogP contribution in [0.3, 0.4) is 0 Å². The summed E-state index contributed by atoms with van der Waals surface area (Å²) in [4.78, 5) is 28.6. The van der Waals surface area contributed by atoms with Gasteiger partial charge in [0, 0.05) is 19.1 Å². The van der Waals surface area contributed by atoms with E-state index in [0.29, 0.717) is 29.6 Å². The molecule has 1 aliphatic carbocycles. The van der Waals surface area contributed by atoms with Crippen molar-refractivity contribution in [3.05, 3.63) is 71.3 Å². The molecule has 5 heteroatoms. The number of aliphatic hydroxyl groups excluding tert-OH is 1. The highest BCUT2D eigenvalue weighted by Gasteiger charge is 2.37. The third-order valence-electron chi connectivity index (χ3n) is 5.83. The SMILES string of the molecule is C[C@H](C1CC1)N(Cc1ccccc1)C[C@@H](O)CN1C(=O)c2ccccc2C1=O. The van der Waals surface area contributed by atoms with Crippen molar-refractivity contribution in [3.8, 4) is 0 Å². The van der Waals surface area contributed by atoms with Gasteiger partial charge in [-0.15, -0.1) is 0 Å². The van der Waals surface area contributed by atoms with E-state index in [1.54, 1.807) is 24.3 Å². The van der Waals surface area contributed by atoms with Gasteiger partial charge in [-0.05, 0) is 43.4 Å². The second-order valence-corrected chi connectivity index (χ2v) is 7.91. The fourth-order valence-electron chi connectivity index (χ4n) is 4.01. The zero-order valence-corrected chi connectivity index (χ0v) is 16.1. The molecule has 0 bridgehead atoms. The number of benzene rings is 2. The number of hydrogen-bond acceptors (Lipinski definition) is 4. The highest BCUT2D eigenvalue weighted by Crippen LogP contribution is 2.35. The van der Waals surface area contributed by atoms with E-state index in [-0.39, 0.29) is 18.4 Å². The van der Waals surface area contributed by atoms with E-state index in [2.05, 4.69) is 24.0 Å². The largest absolute Gasteiger partial charge is 0.390 e. The number of carbonyl (C=O) groups excluding carboxylic acids is 2. The van der Waals surface area contributed by atoms with Crippen LogP contribution in [0.25, 0.3) is 0 Å². The van der Waals surface area contributed by atoms with Gasteiger partial charge in [0.05, 0.1) is 23.8 Å². The van der Waals surface area contributed by atoms with Gasteiger partial charge < -0.3 is 5.11 Å². The van der Waals surface area contributed by atoms with Crippen molar-refractivity contribution in [2.75, 3.05) is 13.1 Å². The Morgan fingerprint density at radius 1 is 1.00 bits per heavy atom. The van der Waals surface area contributed by atoms with Crippen LogP contribution in [0, 0.1) is 5.92 Å². The van der Waals surface area contributed by atoms with E-state index in [4.69, 9.17) is 0 Å². The van der Waals surface area contributed by atoms with Gasteiger partial charge in [-0.3, -0.25) is 19.4 Å². The van der Waals surface area contributed by atoms with Crippen LogP contribution in [0.2, 0.25) is 0 Å². The van der Waals surface area contributed by atoms with Gasteiger partial charge in [-0.1, -0.05) is 42.5 Å². The predicted octanol–water partition coefficient (Wildman–Crippen LogP) is 2.94. The summed E-state index contributed by atoms with van der Waals surface area (Å²) in [6, 6.07) is 17.4. The Morgan fingerprint density at radius 3 is 2.14 bits per heavy atom. The molecular weight excluding hydrogens is 352 g/mol. The lowest BCUT2D eigenvalue weighted by atomic mass is 10.1. The zero-order valence-electron chi connectivity index (χ0n) is 16.1. The third-order valence-corrected chi connectivity index (χ3v) is 5.83. The average molecular weight is 378 g/mol. The molecule has 0 saturated heterocycles. The number of amides is 2. The quantitative estimate of drug-likeness (QED) is 0.718. The maximum Gasteiger partial charge on any atom is 0.261 e. The fourth-order valence-corrected chi connectivity index (χ4v) is 4.01. The van der Waals surface area contributed by atoms with Crippen LogP contribution >= 0.6 is 0 Å². The number of nitrogens with zero attached hydrogens (tertiary/aromatic N) is 2. The number of hydrogen-bond donors (Lipinski definition) is 1. The monoisotopic (exact) mass is 378 g/mol. The second-order valence-electron chi connectivity index (χ2n) is 7.91. The summed E-state index contributed by atoms with van der Waals surface area (Å²) in [7, 11) is 0. The van der Waals surface area contributed by atoms with Gasteiger partial charge in [0.1, 0.15) is 0 Å². The molecule has 4 rings (SSSR count). The molecule has 2 aromatic rings. The standard InChI is InChI=1S/C23H26N2O3/c1-16(18-11-12-18)24(13-17-7-3-2-4-8-17)14-19(26)15-25-22(27)20-9-5-6-10-21(20)23(25)28/h2-10,16,18-19,26H,11-15H2,1H3/t16-,19-/m1/s1. The number of β-amino-alcohol motifs (C(OH)–C–C–N with tert-alkyl or cyclic N) is 1. The Bertz CT molecular complexity index is 828. The second kappa shape index (κ2) is 7.86. The maximum absolute atomic E-state index is 12.6. The van der Waals surface area contributed by atoms with E-state index in [9.17, 15) is 14.7 Å². The molecule has 146 valence electrons. The van der Waals surface area contributed by atoms with Crippen molar-refractivity contribution in [2.24, 2.45) is 5.92 Å². The minimum atomic E-state index is -0.785. The highest BCUT2D eigenvalue weighted by molar-refractivity contribution is 6.21. The number of imide groups is 1. The van der Waals surface area contributed by atoms with Crippen molar-refractivity contribution in [2.45, 2.75) is 38.5 Å². The first kappa shape index (κ1) is 18.8. The molecular formula is C23H26N2O3. The summed E-state index contributed by atoms with van der Waals surface area (Å²) < 4.78 is 0. The molecule has 2 aliphatic rings. The Hall–Kier alpha value is -2.50. The van der Waals surface area contributed by atoms with Crippen molar-refractivity contribution in [1.29, 1.82) is 0 Å². The number of aliphatic hydroxyl groups is 1. The smallest absolute Gasteiger partial charge is 0.261 e. The lowest BCUT2D eigenvalue weighted by Gasteiger charge is -2.32. The highest BCUT2D eigenvalue weighted by atomic mass is 16.3. The molecule has 0 aromatic heterocycles. The Morgan fingerprint density at radius 2 is 1.57 bits per heavy atom. The van der Waals surface area contributed by atoms with Crippen LogP contribution in [0.4, 0.5) is 0 Å². The summed E-state index contributed by atoms with van der Waals surface area (Å²) in [6.07, 6.45) is 1.66. The molecule has 1 saturated carbocycles. The van der Waals surface area contributed by atoms with Gasteiger partial charge in [0.25, 0.3) is 11.8 Å². The van der Waals surface area contributed by atoms with Gasteiger partial charge in [-0.2, -0.15) is 0 Å². The molecule has 1 fully saturated rings. The van der Waals surface area contributed by atoms with Crippen molar-refractivity contribution >= 4 is 11.8 Å². The summed E-state index contributed by atoms with van der Waals surface area (Å²) in [5, 5.41) is 10.7. The van der Waals surface area contributed by atoms with Gasteiger partial charge >= 0.3 is 0 Å². The average Bonchev–Trinajstić information content (AvgIpc) is 3.53. The first-order valence-electron chi connectivity index (χ1n) is 9.96. The first-order valence-corrected chi connectivity index (χ1v) is 9.96. The van der Waals surface area contributed by atoms with E-state index >= 15 is 0 Å². The van der Waals surface area contributed by atoms with E-state index in [1.807, 2.05) is 18.2 Å². The van der Waals surface area contributed by atoms with E-state index < -0.39 is 6.10 Å². The van der Waals surface area contributed by atoms with Crippen LogP contribution in [0.15, 0.2) is 54.6 Å². The topological polar surface area (TPSA) is 60.9 Å². The van der Waals surface area contributed by atoms with Crippen LogP contribution < -0.4 is 0 Å². The van der Waals surface area contributed by atoms with Crippen LogP contribution in [0.1, 0.15) is 46.0 Å². The van der Waals surface area contributed by atoms with Gasteiger partial charge in [-0.25, -0.2) is 0 Å². The predicted molar refractivity (Wildman–Crippen MR) is 107 cm³/mol. The fraction of sp³-hybridized carbons (Fsp3) is 0.391. The molecule has 0 unspecified atom stereocenters. The molecule has 0 spiro atoms. The normalized spacial score (nSPS) is 18.5. The number of fused-ring (bicyclic) bond motifs is 1. The Balaban J connectivity index is 1.44. The lowest BCUT2D eigenvalue weighted by Crippen LogP contribution is -2.45. The molecule has 28 heavy (non-hydrogen) atoms. The van der Waals surface area contributed by atoms with E-state index in [0.717, 1.165) is 6.54 Å². The molecule has 5 nitrogen and oxygen atoms in total. The van der Waals surface area contributed by atoms with Crippen molar-refractivity contribution in [3.63, 3.8) is 0 Å². The van der Waals surface area contributed by atoms with Gasteiger partial charge in [0.2, 0.25) is 0 Å². The first-order chi connectivity index (χ1) is 13.5. The van der Waals surface area contributed by atoms with Crippen molar-refractivity contribution in [1.82, 2.24) is 9.80 Å². The van der Waals surface area contributed by atoms with E-state index in [1.165, 1.54) is 23.3 Å². The number of rotatable bonds is 8. The molecule has 2 amide bonds. The summed E-state index contributed by atoms with van der Waals surface area (Å²) in [5.41, 5.74) is 2.04. The van der Waals surface area contributed by atoms with Crippen molar-refractivity contribution < 1.29 is 14.7 Å². The van der Waals surface area contributed by atoms with Gasteiger partial charge in [0.15, 0.2) is 0 Å². The minimum Gasteiger partial charge on any atom is -0.390 e.